The van der Waals surface area contributed by atoms with E-state index in [9.17, 15) is 4.79 Å². The van der Waals surface area contributed by atoms with Gasteiger partial charge in [-0.05, 0) is 37.5 Å². The summed E-state index contributed by atoms with van der Waals surface area (Å²) in [6.07, 6.45) is 9.08. The molecule has 5 heteroatoms. The largest absolute Gasteiger partial charge is 0.337 e. The van der Waals surface area contributed by atoms with Crippen molar-refractivity contribution in [1.29, 1.82) is 0 Å². The predicted molar refractivity (Wildman–Crippen MR) is 117 cm³/mol. The Morgan fingerprint density at radius 1 is 1.10 bits per heavy atom. The van der Waals surface area contributed by atoms with Crippen LogP contribution in [0.4, 0.5) is 0 Å². The molecule has 1 fully saturated rings. The van der Waals surface area contributed by atoms with Crippen LogP contribution in [0, 0.1) is 6.92 Å². The van der Waals surface area contributed by atoms with Gasteiger partial charge in [0.15, 0.2) is 0 Å². The van der Waals surface area contributed by atoms with Crippen molar-refractivity contribution in [2.45, 2.75) is 51.6 Å². The highest BCUT2D eigenvalue weighted by Gasteiger charge is 2.26. The fraction of sp³-hybridized carbons (Fsp3) is 0.320. The predicted octanol–water partition coefficient (Wildman–Crippen LogP) is 5.42. The third-order valence-electron chi connectivity index (χ3n) is 5.57. The van der Waals surface area contributed by atoms with Crippen LogP contribution in [0.5, 0.6) is 0 Å². The van der Waals surface area contributed by atoms with Crippen LogP contribution in [0.25, 0.3) is 17.5 Å². The molecule has 0 spiro atoms. The average Bonchev–Trinajstić information content (AvgIpc) is 3.26. The fourth-order valence-electron chi connectivity index (χ4n) is 3.97. The second-order valence-electron chi connectivity index (χ2n) is 7.88. The molecule has 0 N–H and O–H groups in total. The Balaban J connectivity index is 1.53. The van der Waals surface area contributed by atoms with Crippen LogP contribution in [-0.4, -0.2) is 27.0 Å². The monoisotopic (exact) mass is 401 g/mol. The summed E-state index contributed by atoms with van der Waals surface area (Å²) in [7, 11) is 0. The molecule has 3 aromatic rings. The van der Waals surface area contributed by atoms with E-state index in [0.29, 0.717) is 18.3 Å². The van der Waals surface area contributed by atoms with Crippen LogP contribution in [0.1, 0.15) is 49.1 Å². The zero-order valence-corrected chi connectivity index (χ0v) is 17.3. The molecule has 1 aromatic heterocycles. The lowest BCUT2D eigenvalue weighted by molar-refractivity contribution is -0.130. The van der Waals surface area contributed by atoms with Crippen LogP contribution in [0.2, 0.25) is 0 Å². The molecule has 5 nitrogen and oxygen atoms in total. The summed E-state index contributed by atoms with van der Waals surface area (Å²) in [5, 5.41) is 4.14. The van der Waals surface area contributed by atoms with Gasteiger partial charge in [-0.25, -0.2) is 0 Å². The Morgan fingerprint density at radius 3 is 2.67 bits per heavy atom. The van der Waals surface area contributed by atoms with Gasteiger partial charge in [0.1, 0.15) is 6.54 Å². The lowest BCUT2D eigenvalue weighted by atomic mass is 9.94. The van der Waals surface area contributed by atoms with Crippen LogP contribution in [0.15, 0.2) is 65.2 Å². The summed E-state index contributed by atoms with van der Waals surface area (Å²) in [4.78, 5) is 19.5. The molecule has 1 aliphatic carbocycles. The summed E-state index contributed by atoms with van der Waals surface area (Å²) in [5.41, 5.74) is 3.07. The van der Waals surface area contributed by atoms with E-state index < -0.39 is 0 Å². The molecule has 0 atom stereocenters. The minimum atomic E-state index is -0.0129. The van der Waals surface area contributed by atoms with E-state index in [1.54, 1.807) is 6.08 Å². The highest BCUT2D eigenvalue weighted by Crippen LogP contribution is 2.25. The van der Waals surface area contributed by atoms with Crippen molar-refractivity contribution in [3.05, 3.63) is 77.7 Å². The van der Waals surface area contributed by atoms with E-state index in [1.807, 2.05) is 72.5 Å². The molecular formula is C25H27N3O2. The second kappa shape index (κ2) is 9.53. The van der Waals surface area contributed by atoms with Crippen molar-refractivity contribution >= 4 is 12.0 Å². The number of carbonyl (C=O) groups is 1. The molecule has 2 aromatic carbocycles. The molecule has 4 rings (SSSR count). The first-order valence-electron chi connectivity index (χ1n) is 10.6. The van der Waals surface area contributed by atoms with Gasteiger partial charge in [-0.15, -0.1) is 0 Å². The summed E-state index contributed by atoms with van der Waals surface area (Å²) in [5.74, 6) is 1.02. The molecule has 1 amide bonds. The number of nitrogens with zero attached hydrogens (tertiary/aromatic N) is 3. The van der Waals surface area contributed by atoms with Crippen molar-refractivity contribution in [3.63, 3.8) is 0 Å². The smallest absolute Gasteiger partial charge is 0.247 e. The molecule has 30 heavy (non-hydrogen) atoms. The SMILES string of the molecule is Cc1cccc(-c2noc(CN(C(=O)/C=C/c3ccccc3)C3CCCCC3)n2)c1. The van der Waals surface area contributed by atoms with Gasteiger partial charge in [0.2, 0.25) is 17.6 Å². The van der Waals surface area contributed by atoms with E-state index >= 15 is 0 Å². The van der Waals surface area contributed by atoms with Crippen LogP contribution in [-0.2, 0) is 11.3 Å². The van der Waals surface area contributed by atoms with E-state index in [4.69, 9.17) is 4.52 Å². The first-order valence-corrected chi connectivity index (χ1v) is 10.6. The minimum Gasteiger partial charge on any atom is -0.337 e. The minimum absolute atomic E-state index is 0.0129. The Kier molecular flexibility index (Phi) is 6.38. The fourth-order valence-corrected chi connectivity index (χ4v) is 3.97. The average molecular weight is 402 g/mol. The van der Waals surface area contributed by atoms with Crippen molar-refractivity contribution in [2.75, 3.05) is 0 Å². The molecule has 1 heterocycles. The Labute approximate surface area is 177 Å². The standard InChI is InChI=1S/C25H27N3O2/c1-19-9-8-12-21(17-19)25-26-23(30-27-25)18-28(22-13-6-3-7-14-22)24(29)16-15-20-10-4-2-5-11-20/h2,4-5,8-12,15-17,22H,3,6-7,13-14,18H2,1H3/b16-15+. The van der Waals surface area contributed by atoms with Gasteiger partial charge in [0.25, 0.3) is 0 Å². The maximum atomic E-state index is 13.1. The van der Waals surface area contributed by atoms with Gasteiger partial charge in [-0.1, -0.05) is 78.5 Å². The number of hydrogen-bond donors (Lipinski definition) is 0. The number of hydrogen-bond acceptors (Lipinski definition) is 4. The van der Waals surface area contributed by atoms with Gasteiger partial charge >= 0.3 is 0 Å². The van der Waals surface area contributed by atoms with E-state index in [-0.39, 0.29) is 11.9 Å². The maximum Gasteiger partial charge on any atom is 0.247 e. The van der Waals surface area contributed by atoms with E-state index in [1.165, 1.54) is 6.42 Å². The molecule has 0 unspecified atom stereocenters. The zero-order chi connectivity index (χ0) is 20.8. The number of aryl methyl sites for hydroxylation is 1. The lowest BCUT2D eigenvalue weighted by Crippen LogP contribution is -2.40. The summed E-state index contributed by atoms with van der Waals surface area (Å²) < 4.78 is 5.51. The Morgan fingerprint density at radius 2 is 1.90 bits per heavy atom. The summed E-state index contributed by atoms with van der Waals surface area (Å²) >= 11 is 0. The number of rotatable bonds is 6. The molecule has 1 saturated carbocycles. The normalized spacial score (nSPS) is 14.8. The first kappa shape index (κ1) is 20.1. The first-order chi connectivity index (χ1) is 14.7. The van der Waals surface area contributed by atoms with Crippen molar-refractivity contribution in [3.8, 4) is 11.4 Å². The van der Waals surface area contributed by atoms with Gasteiger partial charge in [-0.2, -0.15) is 4.98 Å². The summed E-state index contributed by atoms with van der Waals surface area (Å²) in [6.45, 7) is 2.37. The molecule has 0 bridgehead atoms. The molecule has 0 radical (unpaired) electrons. The highest BCUT2D eigenvalue weighted by atomic mass is 16.5. The second-order valence-corrected chi connectivity index (χ2v) is 7.88. The number of benzene rings is 2. The quantitative estimate of drug-likeness (QED) is 0.518. The van der Waals surface area contributed by atoms with Crippen LogP contribution < -0.4 is 0 Å². The van der Waals surface area contributed by atoms with E-state index in [2.05, 4.69) is 10.1 Å². The van der Waals surface area contributed by atoms with Gasteiger partial charge in [0.05, 0.1) is 0 Å². The molecule has 154 valence electrons. The lowest BCUT2D eigenvalue weighted by Gasteiger charge is -2.32. The van der Waals surface area contributed by atoms with Crippen molar-refractivity contribution in [2.24, 2.45) is 0 Å². The Hall–Kier alpha value is -3.21. The van der Waals surface area contributed by atoms with E-state index in [0.717, 1.165) is 42.4 Å². The molecule has 1 aliphatic rings. The zero-order valence-electron chi connectivity index (χ0n) is 17.3. The Bertz CT molecular complexity index is 1000. The molecular weight excluding hydrogens is 374 g/mol. The van der Waals surface area contributed by atoms with Crippen LogP contribution >= 0.6 is 0 Å². The van der Waals surface area contributed by atoms with Gasteiger partial charge in [-0.3, -0.25) is 4.79 Å². The topological polar surface area (TPSA) is 59.2 Å². The number of aromatic nitrogens is 2. The van der Waals surface area contributed by atoms with Crippen molar-refractivity contribution in [1.82, 2.24) is 15.0 Å². The number of amides is 1. The highest BCUT2D eigenvalue weighted by molar-refractivity contribution is 5.92. The third-order valence-corrected chi connectivity index (χ3v) is 5.57. The summed E-state index contributed by atoms with van der Waals surface area (Å²) in [6, 6.07) is 18.1. The third kappa shape index (κ3) is 5.03. The number of carbonyl (C=O) groups excluding carboxylic acids is 1. The van der Waals surface area contributed by atoms with Gasteiger partial charge in [0, 0.05) is 17.7 Å². The molecule has 0 aliphatic heterocycles. The maximum absolute atomic E-state index is 13.1. The van der Waals surface area contributed by atoms with Crippen LogP contribution in [0.3, 0.4) is 0 Å². The van der Waals surface area contributed by atoms with Gasteiger partial charge < -0.3 is 9.42 Å². The van der Waals surface area contributed by atoms with Crippen molar-refractivity contribution < 1.29 is 9.32 Å². The molecule has 0 saturated heterocycles.